The molecule has 118 valence electrons. The Morgan fingerprint density at radius 3 is 2.67 bits per heavy atom. The van der Waals surface area contributed by atoms with Gasteiger partial charge in [0, 0.05) is 11.8 Å². The van der Waals surface area contributed by atoms with E-state index in [4.69, 9.17) is 10.5 Å². The van der Waals surface area contributed by atoms with Gasteiger partial charge in [0.25, 0.3) is 0 Å². The molecule has 5 nitrogen and oxygen atoms in total. The highest BCUT2D eigenvalue weighted by Gasteiger charge is 2.36. The number of benzene rings is 1. The van der Waals surface area contributed by atoms with Gasteiger partial charge in [-0.1, -0.05) is 0 Å². The summed E-state index contributed by atoms with van der Waals surface area (Å²) in [6, 6.07) is 4.64. The van der Waals surface area contributed by atoms with Gasteiger partial charge in [0.2, 0.25) is 5.91 Å². The predicted molar refractivity (Wildman–Crippen MR) is 72.1 cm³/mol. The minimum absolute atomic E-state index is 0.200. The normalized spacial score (nSPS) is 12.8. The molecule has 0 saturated heterocycles. The van der Waals surface area contributed by atoms with Crippen molar-refractivity contribution in [2.45, 2.75) is 25.6 Å². The highest BCUT2D eigenvalue weighted by atomic mass is 19.4. The summed E-state index contributed by atoms with van der Waals surface area (Å²) in [6.07, 6.45) is -6.54. The second-order valence-electron chi connectivity index (χ2n) is 4.31. The molecule has 0 aliphatic rings. The van der Waals surface area contributed by atoms with Gasteiger partial charge >= 0.3 is 6.18 Å². The van der Waals surface area contributed by atoms with Crippen molar-refractivity contribution in [3.05, 3.63) is 18.2 Å². The van der Waals surface area contributed by atoms with Crippen LogP contribution in [0.2, 0.25) is 0 Å². The lowest BCUT2D eigenvalue weighted by molar-refractivity contribution is -0.214. The van der Waals surface area contributed by atoms with Crippen molar-refractivity contribution in [2.24, 2.45) is 0 Å². The number of methoxy groups -OCH3 is 1. The van der Waals surface area contributed by atoms with Gasteiger partial charge in [-0.15, -0.1) is 0 Å². The number of ether oxygens (including phenoxy) is 2. The molecule has 0 aliphatic heterocycles. The number of nitrogens with one attached hydrogen (secondary N) is 1. The molecule has 1 unspecified atom stereocenters. The summed E-state index contributed by atoms with van der Waals surface area (Å²) in [5.74, 6) is -0.111. The van der Waals surface area contributed by atoms with Crippen LogP contribution in [0, 0.1) is 0 Å². The van der Waals surface area contributed by atoms with Crippen LogP contribution in [0.3, 0.4) is 0 Å². The number of alkyl halides is 3. The summed E-state index contributed by atoms with van der Waals surface area (Å²) in [7, 11) is 1.42. The van der Waals surface area contributed by atoms with E-state index in [2.05, 4.69) is 10.1 Å². The number of amides is 1. The molecule has 0 heterocycles. The van der Waals surface area contributed by atoms with E-state index in [9.17, 15) is 18.0 Å². The lowest BCUT2D eigenvalue weighted by Crippen LogP contribution is -2.29. The monoisotopic (exact) mass is 306 g/mol. The fourth-order valence-electron chi connectivity index (χ4n) is 1.45. The van der Waals surface area contributed by atoms with Crippen molar-refractivity contribution in [3.63, 3.8) is 0 Å². The molecule has 1 aromatic carbocycles. The minimum atomic E-state index is -4.43. The zero-order valence-electron chi connectivity index (χ0n) is 11.7. The maximum atomic E-state index is 12.2. The van der Waals surface area contributed by atoms with E-state index in [1.165, 1.54) is 13.2 Å². The third kappa shape index (κ3) is 5.50. The number of rotatable bonds is 6. The molecule has 0 spiro atoms. The molecule has 0 radical (unpaired) electrons. The maximum Gasteiger partial charge on any atom is 0.414 e. The van der Waals surface area contributed by atoms with Gasteiger partial charge in [0.15, 0.2) is 6.10 Å². The first kappa shape index (κ1) is 17.1. The highest BCUT2D eigenvalue weighted by Crippen LogP contribution is 2.26. The van der Waals surface area contributed by atoms with E-state index < -0.39 is 18.2 Å². The first-order valence-corrected chi connectivity index (χ1v) is 6.15. The maximum absolute atomic E-state index is 12.2. The van der Waals surface area contributed by atoms with Gasteiger partial charge in [-0.25, -0.2) is 0 Å². The fourth-order valence-corrected chi connectivity index (χ4v) is 1.45. The van der Waals surface area contributed by atoms with Crippen LogP contribution in [-0.4, -0.2) is 31.9 Å². The summed E-state index contributed by atoms with van der Waals surface area (Å²) in [5.41, 5.74) is 6.42. The van der Waals surface area contributed by atoms with E-state index >= 15 is 0 Å². The van der Waals surface area contributed by atoms with Gasteiger partial charge in [0.05, 0.1) is 25.8 Å². The summed E-state index contributed by atoms with van der Waals surface area (Å²) in [6.45, 7) is 0.560. The van der Waals surface area contributed by atoms with Gasteiger partial charge in [-0.2, -0.15) is 13.2 Å². The molecular formula is C13H17F3N2O3. The molecule has 1 rings (SSSR count). The van der Waals surface area contributed by atoms with Gasteiger partial charge in [-0.3, -0.25) is 4.79 Å². The lowest BCUT2D eigenvalue weighted by Gasteiger charge is -2.16. The van der Waals surface area contributed by atoms with Crippen LogP contribution in [0.15, 0.2) is 18.2 Å². The van der Waals surface area contributed by atoms with Crippen molar-refractivity contribution >= 4 is 17.3 Å². The molecule has 1 aromatic rings. The number of anilines is 2. The summed E-state index contributed by atoms with van der Waals surface area (Å²) >= 11 is 0. The first-order chi connectivity index (χ1) is 9.74. The minimum Gasteiger partial charge on any atom is -0.494 e. The average molecular weight is 306 g/mol. The number of nitrogens with two attached hydrogens (primary N) is 1. The summed E-state index contributed by atoms with van der Waals surface area (Å²) in [5, 5.41) is 2.52. The standard InChI is InChI=1S/C13H17F3N2O3/c1-8(13(14,15)16)21-6-5-12(19)18-10-4-3-9(17)7-11(10)20-2/h3-4,7-8H,5-6,17H2,1-2H3,(H,18,19). The van der Waals surface area contributed by atoms with Crippen molar-refractivity contribution in [1.82, 2.24) is 0 Å². The Kier molecular flexibility index (Phi) is 5.83. The highest BCUT2D eigenvalue weighted by molar-refractivity contribution is 5.92. The Hall–Kier alpha value is -1.96. The van der Waals surface area contributed by atoms with Crippen molar-refractivity contribution in [2.75, 3.05) is 24.8 Å². The van der Waals surface area contributed by atoms with Crippen molar-refractivity contribution < 1.29 is 27.4 Å². The SMILES string of the molecule is COc1cc(N)ccc1NC(=O)CCOC(C)C(F)(F)F. The van der Waals surface area contributed by atoms with Crippen LogP contribution >= 0.6 is 0 Å². The molecule has 1 amide bonds. The van der Waals surface area contributed by atoms with Gasteiger partial charge < -0.3 is 20.5 Å². The lowest BCUT2D eigenvalue weighted by atomic mass is 10.2. The molecule has 21 heavy (non-hydrogen) atoms. The van der Waals surface area contributed by atoms with E-state index in [1.54, 1.807) is 12.1 Å². The number of carbonyl (C=O) groups excluding carboxylic acids is 1. The number of nitrogen functional groups attached to an aromatic ring is 1. The molecule has 3 N–H and O–H groups in total. The quantitative estimate of drug-likeness (QED) is 0.792. The Labute approximate surface area is 120 Å². The third-order valence-electron chi connectivity index (χ3n) is 2.66. The zero-order chi connectivity index (χ0) is 16.0. The predicted octanol–water partition coefficient (Wildman–Crippen LogP) is 2.57. The summed E-state index contributed by atoms with van der Waals surface area (Å²) < 4.78 is 46.2. The Bertz CT molecular complexity index is 492. The number of carbonyl (C=O) groups is 1. The third-order valence-corrected chi connectivity index (χ3v) is 2.66. The molecular weight excluding hydrogens is 289 g/mol. The second-order valence-corrected chi connectivity index (χ2v) is 4.31. The molecule has 0 fully saturated rings. The van der Waals surface area contributed by atoms with Crippen LogP contribution in [0.1, 0.15) is 13.3 Å². The molecule has 0 aliphatic carbocycles. The van der Waals surface area contributed by atoms with Crippen LogP contribution in [-0.2, 0) is 9.53 Å². The molecule has 1 atom stereocenters. The van der Waals surface area contributed by atoms with Crippen LogP contribution < -0.4 is 15.8 Å². The van der Waals surface area contributed by atoms with Gasteiger partial charge in [-0.05, 0) is 19.1 Å². The van der Waals surface area contributed by atoms with E-state index in [-0.39, 0.29) is 13.0 Å². The smallest absolute Gasteiger partial charge is 0.414 e. The number of hydrogen-bond donors (Lipinski definition) is 2. The van der Waals surface area contributed by atoms with Crippen molar-refractivity contribution in [1.29, 1.82) is 0 Å². The van der Waals surface area contributed by atoms with Crippen LogP contribution in [0.5, 0.6) is 5.75 Å². The van der Waals surface area contributed by atoms with Crippen LogP contribution in [0.25, 0.3) is 0 Å². The Morgan fingerprint density at radius 2 is 2.10 bits per heavy atom. The van der Waals surface area contributed by atoms with E-state index in [0.29, 0.717) is 17.1 Å². The first-order valence-electron chi connectivity index (χ1n) is 6.15. The van der Waals surface area contributed by atoms with E-state index in [1.807, 2.05) is 0 Å². The Morgan fingerprint density at radius 1 is 1.43 bits per heavy atom. The average Bonchev–Trinajstić information content (AvgIpc) is 2.39. The van der Waals surface area contributed by atoms with Gasteiger partial charge in [0.1, 0.15) is 5.75 Å². The van der Waals surface area contributed by atoms with Crippen molar-refractivity contribution in [3.8, 4) is 5.75 Å². The topological polar surface area (TPSA) is 73.6 Å². The van der Waals surface area contributed by atoms with E-state index in [0.717, 1.165) is 6.92 Å². The number of halogens is 3. The molecule has 0 bridgehead atoms. The Balaban J connectivity index is 2.48. The second kappa shape index (κ2) is 7.16. The van der Waals surface area contributed by atoms with Crippen LogP contribution in [0.4, 0.5) is 24.5 Å². The summed E-state index contributed by atoms with van der Waals surface area (Å²) in [4.78, 5) is 11.6. The molecule has 0 saturated carbocycles. The largest absolute Gasteiger partial charge is 0.494 e. The molecule has 0 aromatic heterocycles. The fraction of sp³-hybridized carbons (Fsp3) is 0.462. The molecule has 8 heteroatoms. The zero-order valence-corrected chi connectivity index (χ0v) is 11.7. The number of hydrogen-bond acceptors (Lipinski definition) is 4.